The van der Waals surface area contributed by atoms with Gasteiger partial charge < -0.3 is 20.3 Å². The van der Waals surface area contributed by atoms with Gasteiger partial charge in [-0.3, -0.25) is 9.59 Å². The third kappa shape index (κ3) is 4.58. The number of amides is 2. The molecule has 4 rings (SSSR count). The molecule has 1 aliphatic heterocycles. The summed E-state index contributed by atoms with van der Waals surface area (Å²) in [5, 5.41) is 6.54. The summed E-state index contributed by atoms with van der Waals surface area (Å²) in [7, 11) is 1.58. The van der Waals surface area contributed by atoms with Gasteiger partial charge in [-0.1, -0.05) is 31.4 Å². The second-order valence-electron chi connectivity index (χ2n) is 8.12. The van der Waals surface area contributed by atoms with Crippen LogP contribution in [-0.4, -0.2) is 31.5 Å². The fourth-order valence-corrected chi connectivity index (χ4v) is 4.35. The lowest BCUT2D eigenvalue weighted by Crippen LogP contribution is -2.28. The van der Waals surface area contributed by atoms with E-state index >= 15 is 0 Å². The van der Waals surface area contributed by atoms with E-state index < -0.39 is 0 Å². The van der Waals surface area contributed by atoms with E-state index in [0.29, 0.717) is 24.0 Å². The molecular weight excluding hydrogens is 378 g/mol. The molecule has 1 aliphatic carbocycles. The summed E-state index contributed by atoms with van der Waals surface area (Å²) in [4.78, 5) is 26.9. The minimum Gasteiger partial charge on any atom is -0.495 e. The monoisotopic (exact) mass is 407 g/mol. The number of para-hydroxylation sites is 2. The summed E-state index contributed by atoms with van der Waals surface area (Å²) < 4.78 is 5.36. The molecule has 0 aromatic heterocycles. The van der Waals surface area contributed by atoms with Crippen molar-refractivity contribution in [1.82, 2.24) is 0 Å². The van der Waals surface area contributed by atoms with E-state index in [9.17, 15) is 9.59 Å². The first-order valence-electron chi connectivity index (χ1n) is 10.7. The predicted octanol–water partition coefficient (Wildman–Crippen LogP) is 4.43. The first-order chi connectivity index (χ1) is 14.6. The standard InChI is InChI=1S/C24H29N3O3/c1-30-22-10-6-5-9-21(22)27-16-17(15-23(27)28)24(29)26-20-13-11-19(12-14-20)25-18-7-3-2-4-8-18/h5-6,9-14,17-18,25H,2-4,7-8,15-16H2,1H3,(H,26,29). The van der Waals surface area contributed by atoms with Gasteiger partial charge >= 0.3 is 0 Å². The number of methoxy groups -OCH3 is 1. The van der Waals surface area contributed by atoms with Crippen LogP contribution in [-0.2, 0) is 9.59 Å². The van der Waals surface area contributed by atoms with Crippen molar-refractivity contribution in [3.63, 3.8) is 0 Å². The van der Waals surface area contributed by atoms with Gasteiger partial charge in [0.2, 0.25) is 11.8 Å². The molecule has 1 atom stereocenters. The Morgan fingerprint density at radius 3 is 2.43 bits per heavy atom. The molecule has 2 aromatic carbocycles. The normalized spacial score (nSPS) is 19.6. The highest BCUT2D eigenvalue weighted by atomic mass is 16.5. The maximum absolute atomic E-state index is 12.8. The van der Waals surface area contributed by atoms with Crippen molar-refractivity contribution in [3.05, 3.63) is 48.5 Å². The number of nitrogens with one attached hydrogen (secondary N) is 2. The molecule has 1 saturated carbocycles. The van der Waals surface area contributed by atoms with Gasteiger partial charge in [-0.05, 0) is 49.2 Å². The number of carbonyl (C=O) groups is 2. The van der Waals surface area contributed by atoms with Crippen LogP contribution in [0.2, 0.25) is 0 Å². The number of rotatable bonds is 6. The molecule has 1 saturated heterocycles. The van der Waals surface area contributed by atoms with Gasteiger partial charge in [0, 0.05) is 30.4 Å². The number of carbonyl (C=O) groups excluding carboxylic acids is 2. The van der Waals surface area contributed by atoms with Crippen LogP contribution in [0.25, 0.3) is 0 Å². The van der Waals surface area contributed by atoms with Crippen molar-refractivity contribution < 1.29 is 14.3 Å². The fraction of sp³-hybridized carbons (Fsp3) is 0.417. The van der Waals surface area contributed by atoms with E-state index in [1.165, 1.54) is 32.1 Å². The van der Waals surface area contributed by atoms with E-state index in [1.54, 1.807) is 12.0 Å². The highest BCUT2D eigenvalue weighted by Gasteiger charge is 2.36. The molecule has 1 heterocycles. The topological polar surface area (TPSA) is 70.7 Å². The molecule has 6 nitrogen and oxygen atoms in total. The highest BCUT2D eigenvalue weighted by Crippen LogP contribution is 2.33. The van der Waals surface area contributed by atoms with E-state index in [2.05, 4.69) is 10.6 Å². The Morgan fingerprint density at radius 2 is 1.70 bits per heavy atom. The second kappa shape index (κ2) is 9.20. The smallest absolute Gasteiger partial charge is 0.229 e. The quantitative estimate of drug-likeness (QED) is 0.743. The lowest BCUT2D eigenvalue weighted by Gasteiger charge is -2.24. The van der Waals surface area contributed by atoms with Crippen LogP contribution < -0.4 is 20.3 Å². The minimum atomic E-state index is -0.387. The van der Waals surface area contributed by atoms with Gasteiger partial charge in [-0.15, -0.1) is 0 Å². The number of nitrogens with zero attached hydrogens (tertiary/aromatic N) is 1. The van der Waals surface area contributed by atoms with Gasteiger partial charge in [0.1, 0.15) is 5.75 Å². The zero-order valence-electron chi connectivity index (χ0n) is 17.4. The zero-order chi connectivity index (χ0) is 20.9. The summed E-state index contributed by atoms with van der Waals surface area (Å²) in [5.74, 6) is 0.0517. The van der Waals surface area contributed by atoms with E-state index in [1.807, 2.05) is 48.5 Å². The molecule has 2 aliphatic rings. The van der Waals surface area contributed by atoms with Crippen LogP contribution in [0.15, 0.2) is 48.5 Å². The van der Waals surface area contributed by atoms with Gasteiger partial charge in [-0.2, -0.15) is 0 Å². The molecule has 0 spiro atoms. The first kappa shape index (κ1) is 20.3. The van der Waals surface area contributed by atoms with Crippen LogP contribution in [0.3, 0.4) is 0 Å². The Kier molecular flexibility index (Phi) is 6.21. The largest absolute Gasteiger partial charge is 0.495 e. The molecule has 2 N–H and O–H groups in total. The van der Waals surface area contributed by atoms with Crippen LogP contribution in [0.5, 0.6) is 5.75 Å². The van der Waals surface area contributed by atoms with Gasteiger partial charge in [-0.25, -0.2) is 0 Å². The number of benzene rings is 2. The summed E-state index contributed by atoms with van der Waals surface area (Å²) in [6, 6.07) is 15.8. The molecule has 6 heteroatoms. The number of hydrogen-bond acceptors (Lipinski definition) is 4. The second-order valence-corrected chi connectivity index (χ2v) is 8.12. The number of ether oxygens (including phenoxy) is 1. The summed E-state index contributed by atoms with van der Waals surface area (Å²) in [6.45, 7) is 0.354. The van der Waals surface area contributed by atoms with E-state index in [-0.39, 0.29) is 24.2 Å². The van der Waals surface area contributed by atoms with Crippen molar-refractivity contribution in [3.8, 4) is 5.75 Å². The maximum atomic E-state index is 12.8. The SMILES string of the molecule is COc1ccccc1N1CC(C(=O)Nc2ccc(NC3CCCCC3)cc2)CC1=O. The van der Waals surface area contributed by atoms with Crippen LogP contribution in [0, 0.1) is 5.92 Å². The Balaban J connectivity index is 1.35. The van der Waals surface area contributed by atoms with Crippen molar-refractivity contribution in [1.29, 1.82) is 0 Å². The lowest BCUT2D eigenvalue weighted by molar-refractivity contribution is -0.122. The average molecular weight is 408 g/mol. The lowest BCUT2D eigenvalue weighted by atomic mass is 9.95. The third-order valence-corrected chi connectivity index (χ3v) is 6.00. The Labute approximate surface area is 177 Å². The summed E-state index contributed by atoms with van der Waals surface area (Å²) >= 11 is 0. The zero-order valence-corrected chi connectivity index (χ0v) is 17.4. The maximum Gasteiger partial charge on any atom is 0.229 e. The minimum absolute atomic E-state index is 0.0633. The Hall–Kier alpha value is -3.02. The molecule has 2 aromatic rings. The summed E-state index contributed by atoms with van der Waals surface area (Å²) in [5.41, 5.74) is 2.54. The van der Waals surface area contributed by atoms with Gasteiger partial charge in [0.25, 0.3) is 0 Å². The third-order valence-electron chi connectivity index (χ3n) is 6.00. The van der Waals surface area contributed by atoms with E-state index in [0.717, 1.165) is 11.4 Å². The molecule has 158 valence electrons. The Morgan fingerprint density at radius 1 is 1.00 bits per heavy atom. The predicted molar refractivity (Wildman–Crippen MR) is 119 cm³/mol. The van der Waals surface area contributed by atoms with Crippen molar-refractivity contribution >= 4 is 28.9 Å². The Bertz CT molecular complexity index is 891. The number of hydrogen-bond donors (Lipinski definition) is 2. The van der Waals surface area contributed by atoms with Crippen molar-refractivity contribution in [2.24, 2.45) is 5.92 Å². The molecule has 0 radical (unpaired) electrons. The van der Waals surface area contributed by atoms with Crippen LogP contribution in [0.4, 0.5) is 17.1 Å². The highest BCUT2D eigenvalue weighted by molar-refractivity contribution is 6.04. The van der Waals surface area contributed by atoms with Gasteiger partial charge in [0.15, 0.2) is 0 Å². The number of anilines is 3. The molecule has 2 fully saturated rings. The van der Waals surface area contributed by atoms with Crippen LogP contribution in [0.1, 0.15) is 38.5 Å². The van der Waals surface area contributed by atoms with E-state index in [4.69, 9.17) is 4.74 Å². The van der Waals surface area contributed by atoms with Crippen molar-refractivity contribution in [2.45, 2.75) is 44.6 Å². The van der Waals surface area contributed by atoms with Gasteiger partial charge in [0.05, 0.1) is 18.7 Å². The fourth-order valence-electron chi connectivity index (χ4n) is 4.35. The average Bonchev–Trinajstić information content (AvgIpc) is 3.17. The first-order valence-corrected chi connectivity index (χ1v) is 10.7. The summed E-state index contributed by atoms with van der Waals surface area (Å²) in [6.07, 6.45) is 6.55. The molecule has 1 unspecified atom stereocenters. The molecule has 0 bridgehead atoms. The molecular formula is C24H29N3O3. The molecule has 2 amide bonds. The molecule has 30 heavy (non-hydrogen) atoms. The van der Waals surface area contributed by atoms with Crippen LogP contribution >= 0.6 is 0 Å². The van der Waals surface area contributed by atoms with Crippen molar-refractivity contribution in [2.75, 3.05) is 29.2 Å².